The summed E-state index contributed by atoms with van der Waals surface area (Å²) in [6, 6.07) is 20.6. The minimum atomic E-state index is -0.365. The zero-order valence-electron chi connectivity index (χ0n) is 20.2. The molecule has 6 nitrogen and oxygen atoms in total. The fourth-order valence-corrected chi connectivity index (χ4v) is 5.20. The van der Waals surface area contributed by atoms with Crippen LogP contribution < -0.4 is 16.1 Å². The molecule has 2 heterocycles. The summed E-state index contributed by atoms with van der Waals surface area (Å²) < 4.78 is 2.99. The van der Waals surface area contributed by atoms with Crippen LogP contribution in [0.25, 0.3) is 10.9 Å². The highest BCUT2D eigenvalue weighted by atomic mass is 35.5. The largest absolute Gasteiger partial charge is 0.368 e. The standard InChI is InChI=1S/C28H28Cl2N4O2/c1-2-31-12-14-32(15-13-31)24-16-23(30)17-25-26(24)27(35)34(19-21-8-10-22(29)11-9-21)28(36)33(25)18-20-6-4-3-5-7-20/h3-11,16-17H,2,12-15,18-19H2,1H3. The van der Waals surface area contributed by atoms with Gasteiger partial charge in [0.05, 0.1) is 29.7 Å². The quantitative estimate of drug-likeness (QED) is 0.368. The summed E-state index contributed by atoms with van der Waals surface area (Å²) in [7, 11) is 0. The Morgan fingerprint density at radius 1 is 0.750 bits per heavy atom. The van der Waals surface area contributed by atoms with Gasteiger partial charge in [0.1, 0.15) is 0 Å². The first-order valence-electron chi connectivity index (χ1n) is 12.2. The number of likely N-dealkylation sites (N-methyl/N-ethyl adjacent to an activating group) is 1. The Hall–Kier alpha value is -3.06. The Morgan fingerprint density at radius 2 is 1.39 bits per heavy atom. The van der Waals surface area contributed by atoms with Crippen molar-refractivity contribution in [2.75, 3.05) is 37.6 Å². The first kappa shape index (κ1) is 24.6. The van der Waals surface area contributed by atoms with Gasteiger partial charge in [0.15, 0.2) is 0 Å². The molecule has 3 aromatic carbocycles. The molecule has 0 amide bonds. The summed E-state index contributed by atoms with van der Waals surface area (Å²) in [5.41, 5.74) is 2.47. The van der Waals surface area contributed by atoms with E-state index in [1.807, 2.05) is 48.5 Å². The van der Waals surface area contributed by atoms with Crippen molar-refractivity contribution < 1.29 is 0 Å². The number of hydrogen-bond donors (Lipinski definition) is 0. The molecule has 1 aliphatic rings. The van der Waals surface area contributed by atoms with Crippen molar-refractivity contribution in [1.82, 2.24) is 14.0 Å². The van der Waals surface area contributed by atoms with Gasteiger partial charge < -0.3 is 9.80 Å². The molecule has 0 N–H and O–H groups in total. The second kappa shape index (κ2) is 10.5. The average molecular weight is 523 g/mol. The van der Waals surface area contributed by atoms with Crippen LogP contribution in [0.2, 0.25) is 10.0 Å². The van der Waals surface area contributed by atoms with Gasteiger partial charge in [-0.3, -0.25) is 13.9 Å². The lowest BCUT2D eigenvalue weighted by Crippen LogP contribution is -2.47. The smallest absolute Gasteiger partial charge is 0.332 e. The second-order valence-corrected chi connectivity index (χ2v) is 9.99. The van der Waals surface area contributed by atoms with Gasteiger partial charge in [-0.05, 0) is 41.9 Å². The van der Waals surface area contributed by atoms with E-state index in [-0.39, 0.29) is 17.8 Å². The van der Waals surface area contributed by atoms with E-state index in [0.717, 1.165) is 49.5 Å². The van der Waals surface area contributed by atoms with Crippen LogP contribution in [0.3, 0.4) is 0 Å². The Balaban J connectivity index is 1.72. The van der Waals surface area contributed by atoms with Gasteiger partial charge in [-0.25, -0.2) is 4.79 Å². The van der Waals surface area contributed by atoms with Crippen molar-refractivity contribution in [3.8, 4) is 0 Å². The lowest BCUT2D eigenvalue weighted by Gasteiger charge is -2.36. The Kier molecular flexibility index (Phi) is 7.19. The molecule has 8 heteroatoms. The van der Waals surface area contributed by atoms with Gasteiger partial charge in [-0.2, -0.15) is 0 Å². The molecule has 36 heavy (non-hydrogen) atoms. The monoisotopic (exact) mass is 522 g/mol. The number of nitrogens with zero attached hydrogens (tertiary/aromatic N) is 4. The summed E-state index contributed by atoms with van der Waals surface area (Å²) >= 11 is 12.6. The van der Waals surface area contributed by atoms with Gasteiger partial charge in [0.25, 0.3) is 5.56 Å². The maximum Gasteiger partial charge on any atom is 0.332 e. The molecule has 186 valence electrons. The molecule has 1 aliphatic heterocycles. The molecule has 0 radical (unpaired) electrons. The molecule has 5 rings (SSSR count). The van der Waals surface area contributed by atoms with Crippen molar-refractivity contribution in [3.63, 3.8) is 0 Å². The number of piperazine rings is 1. The van der Waals surface area contributed by atoms with E-state index in [9.17, 15) is 9.59 Å². The molecule has 0 atom stereocenters. The second-order valence-electron chi connectivity index (χ2n) is 9.11. The van der Waals surface area contributed by atoms with Crippen molar-refractivity contribution in [2.24, 2.45) is 0 Å². The van der Waals surface area contributed by atoms with Crippen LogP contribution in [-0.4, -0.2) is 46.8 Å². The molecule has 4 aromatic rings. The molecule has 1 aromatic heterocycles. The number of rotatable bonds is 6. The van der Waals surface area contributed by atoms with Crippen LogP contribution in [0.1, 0.15) is 18.1 Å². The normalized spacial score (nSPS) is 14.5. The Labute approximate surface area is 219 Å². The molecule has 1 saturated heterocycles. The Morgan fingerprint density at radius 3 is 2.06 bits per heavy atom. The van der Waals surface area contributed by atoms with Crippen LogP contribution in [-0.2, 0) is 13.1 Å². The minimum Gasteiger partial charge on any atom is -0.368 e. The molecular weight excluding hydrogens is 495 g/mol. The van der Waals surface area contributed by atoms with E-state index >= 15 is 0 Å². The molecule has 1 fully saturated rings. The summed E-state index contributed by atoms with van der Waals surface area (Å²) in [5.74, 6) is 0. The molecule has 0 aliphatic carbocycles. The topological polar surface area (TPSA) is 50.5 Å². The van der Waals surface area contributed by atoms with Gasteiger partial charge >= 0.3 is 5.69 Å². The van der Waals surface area contributed by atoms with E-state index in [4.69, 9.17) is 23.2 Å². The van der Waals surface area contributed by atoms with E-state index in [0.29, 0.717) is 27.5 Å². The fourth-order valence-electron chi connectivity index (χ4n) is 4.87. The number of halogens is 2. The van der Waals surface area contributed by atoms with Crippen molar-refractivity contribution >= 4 is 39.8 Å². The van der Waals surface area contributed by atoms with Crippen molar-refractivity contribution in [3.05, 3.63) is 109 Å². The third-order valence-electron chi connectivity index (χ3n) is 6.87. The van der Waals surface area contributed by atoms with Crippen LogP contribution in [0.15, 0.2) is 76.3 Å². The van der Waals surface area contributed by atoms with Gasteiger partial charge in [0.2, 0.25) is 0 Å². The summed E-state index contributed by atoms with van der Waals surface area (Å²) in [4.78, 5) is 32.4. The van der Waals surface area contributed by atoms with Crippen LogP contribution in [0, 0.1) is 0 Å². The Bertz CT molecular complexity index is 1490. The van der Waals surface area contributed by atoms with Gasteiger partial charge in [-0.1, -0.05) is 72.6 Å². The highest BCUT2D eigenvalue weighted by Crippen LogP contribution is 2.29. The third-order valence-corrected chi connectivity index (χ3v) is 7.34. The van der Waals surface area contributed by atoms with Crippen LogP contribution >= 0.6 is 23.2 Å². The summed E-state index contributed by atoms with van der Waals surface area (Å²) in [5, 5.41) is 1.63. The maximum atomic E-state index is 14.0. The van der Waals surface area contributed by atoms with Gasteiger partial charge in [0, 0.05) is 36.2 Å². The van der Waals surface area contributed by atoms with Crippen LogP contribution in [0.4, 0.5) is 5.69 Å². The number of hydrogen-bond acceptors (Lipinski definition) is 4. The highest BCUT2D eigenvalue weighted by Gasteiger charge is 2.23. The zero-order chi connectivity index (χ0) is 25.2. The molecule has 0 spiro atoms. The highest BCUT2D eigenvalue weighted by molar-refractivity contribution is 6.32. The average Bonchev–Trinajstić information content (AvgIpc) is 2.90. The molecule has 0 bridgehead atoms. The third kappa shape index (κ3) is 4.94. The van der Waals surface area contributed by atoms with E-state index in [1.165, 1.54) is 4.57 Å². The number of aromatic nitrogens is 2. The molecule has 0 unspecified atom stereocenters. The van der Waals surface area contributed by atoms with E-state index in [2.05, 4.69) is 16.7 Å². The van der Waals surface area contributed by atoms with Crippen LogP contribution in [0.5, 0.6) is 0 Å². The number of benzene rings is 3. The number of anilines is 1. The van der Waals surface area contributed by atoms with E-state index < -0.39 is 0 Å². The molecule has 0 saturated carbocycles. The van der Waals surface area contributed by atoms with E-state index in [1.54, 1.807) is 22.8 Å². The zero-order valence-corrected chi connectivity index (χ0v) is 21.7. The molecular formula is C28H28Cl2N4O2. The SMILES string of the molecule is CCN1CCN(c2cc(Cl)cc3c2c(=O)n(Cc2ccc(Cl)cc2)c(=O)n3Cc2ccccc2)CC1. The predicted molar refractivity (Wildman–Crippen MR) is 148 cm³/mol. The van der Waals surface area contributed by atoms with Crippen molar-refractivity contribution in [2.45, 2.75) is 20.0 Å². The lowest BCUT2D eigenvalue weighted by atomic mass is 10.1. The lowest BCUT2D eigenvalue weighted by molar-refractivity contribution is 0.271. The predicted octanol–water partition coefficient (Wildman–Crippen LogP) is 4.71. The first-order valence-corrected chi connectivity index (χ1v) is 12.9. The summed E-state index contributed by atoms with van der Waals surface area (Å²) in [6.45, 7) is 7.04. The summed E-state index contributed by atoms with van der Waals surface area (Å²) in [6.07, 6.45) is 0. The van der Waals surface area contributed by atoms with Crippen molar-refractivity contribution in [1.29, 1.82) is 0 Å². The maximum absolute atomic E-state index is 14.0. The number of fused-ring (bicyclic) bond motifs is 1. The fraction of sp³-hybridized carbons (Fsp3) is 0.286. The minimum absolute atomic E-state index is 0.158. The van der Waals surface area contributed by atoms with Gasteiger partial charge in [-0.15, -0.1) is 0 Å². The first-order chi connectivity index (χ1) is 17.4.